The molecule has 0 radical (unpaired) electrons. The maximum atomic E-state index is 12.5. The van der Waals surface area contributed by atoms with E-state index in [0.29, 0.717) is 22.0 Å². The van der Waals surface area contributed by atoms with Crippen molar-refractivity contribution in [3.05, 3.63) is 82.1 Å². The van der Waals surface area contributed by atoms with Crippen molar-refractivity contribution in [2.45, 2.75) is 6.92 Å². The molecule has 0 fully saturated rings. The van der Waals surface area contributed by atoms with Crippen molar-refractivity contribution in [2.24, 2.45) is 0 Å². The molecule has 2 aromatic carbocycles. The van der Waals surface area contributed by atoms with Crippen molar-refractivity contribution in [1.29, 1.82) is 5.26 Å². The number of aryl methyl sites for hydroxylation is 1. The van der Waals surface area contributed by atoms with Gasteiger partial charge in [-0.1, -0.05) is 35.9 Å². The van der Waals surface area contributed by atoms with Crippen LogP contribution in [0.1, 0.15) is 21.7 Å². The fourth-order valence-electron chi connectivity index (χ4n) is 2.67. The second-order valence-corrected chi connectivity index (χ2v) is 6.57. The van der Waals surface area contributed by atoms with E-state index in [0.717, 1.165) is 5.56 Å². The van der Waals surface area contributed by atoms with E-state index in [4.69, 9.17) is 16.0 Å². The summed E-state index contributed by atoms with van der Waals surface area (Å²) in [6, 6.07) is 16.4. The molecule has 3 aromatic rings. The SMILES string of the molecule is Cc1ccc(Cl)cc1NC(=O)/C(C#N)=C/c1ccc(-c2ccccc2C(=O)O)o1. The number of aromatic carboxylic acids is 1. The molecule has 0 aliphatic carbocycles. The molecule has 2 N–H and O–H groups in total. The molecule has 0 unspecified atom stereocenters. The van der Waals surface area contributed by atoms with Crippen LogP contribution >= 0.6 is 11.6 Å². The number of halogens is 1. The minimum absolute atomic E-state index is 0.0899. The van der Waals surface area contributed by atoms with Gasteiger partial charge in [0.1, 0.15) is 23.2 Å². The normalized spacial score (nSPS) is 11.0. The number of amides is 1. The Balaban J connectivity index is 1.88. The number of nitrogens with one attached hydrogen (secondary N) is 1. The number of hydrogen-bond acceptors (Lipinski definition) is 4. The van der Waals surface area contributed by atoms with Gasteiger partial charge >= 0.3 is 5.97 Å². The molecule has 3 rings (SSSR count). The second-order valence-electron chi connectivity index (χ2n) is 6.14. The van der Waals surface area contributed by atoms with E-state index in [1.54, 1.807) is 55.5 Å². The summed E-state index contributed by atoms with van der Waals surface area (Å²) in [5.74, 6) is -1.13. The van der Waals surface area contributed by atoms with E-state index < -0.39 is 11.9 Å². The lowest BCUT2D eigenvalue weighted by atomic mass is 10.1. The van der Waals surface area contributed by atoms with Gasteiger partial charge in [-0.2, -0.15) is 5.26 Å². The van der Waals surface area contributed by atoms with Crippen molar-refractivity contribution in [1.82, 2.24) is 0 Å². The van der Waals surface area contributed by atoms with E-state index in [1.807, 2.05) is 6.07 Å². The summed E-state index contributed by atoms with van der Waals surface area (Å²) in [4.78, 5) is 23.8. The highest BCUT2D eigenvalue weighted by Gasteiger charge is 2.15. The molecule has 0 saturated carbocycles. The zero-order valence-corrected chi connectivity index (χ0v) is 16.0. The van der Waals surface area contributed by atoms with Crippen LogP contribution in [-0.2, 0) is 4.79 Å². The van der Waals surface area contributed by atoms with Crippen molar-refractivity contribution in [3.63, 3.8) is 0 Å². The molecule has 7 heteroatoms. The first-order valence-corrected chi connectivity index (χ1v) is 8.88. The van der Waals surface area contributed by atoms with Crippen LogP contribution in [0.5, 0.6) is 0 Å². The Morgan fingerprint density at radius 1 is 1.17 bits per heavy atom. The standard InChI is InChI=1S/C22H15ClN2O4/c1-13-6-7-15(23)11-19(13)25-21(26)14(12-24)10-16-8-9-20(29-16)17-4-2-3-5-18(17)22(27)28/h2-11H,1H3,(H,25,26)(H,27,28)/b14-10+. The third-order valence-electron chi connectivity index (χ3n) is 4.15. The predicted molar refractivity (Wildman–Crippen MR) is 110 cm³/mol. The topological polar surface area (TPSA) is 103 Å². The number of hydrogen-bond donors (Lipinski definition) is 2. The Kier molecular flexibility index (Phi) is 5.82. The van der Waals surface area contributed by atoms with Gasteiger partial charge in [0.15, 0.2) is 0 Å². The maximum absolute atomic E-state index is 12.5. The lowest BCUT2D eigenvalue weighted by Gasteiger charge is -2.08. The smallest absolute Gasteiger partial charge is 0.336 e. The van der Waals surface area contributed by atoms with Crippen LogP contribution < -0.4 is 5.32 Å². The van der Waals surface area contributed by atoms with Gasteiger partial charge in [0.2, 0.25) is 0 Å². The van der Waals surface area contributed by atoms with E-state index in [-0.39, 0.29) is 16.9 Å². The van der Waals surface area contributed by atoms with Crippen molar-refractivity contribution in [2.75, 3.05) is 5.32 Å². The minimum atomic E-state index is -1.08. The number of anilines is 1. The Morgan fingerprint density at radius 3 is 2.66 bits per heavy atom. The average molecular weight is 407 g/mol. The first kappa shape index (κ1) is 19.9. The van der Waals surface area contributed by atoms with Gasteiger partial charge < -0.3 is 14.8 Å². The Labute approximate surface area is 171 Å². The van der Waals surface area contributed by atoms with Gasteiger partial charge in [0, 0.05) is 22.3 Å². The molecule has 0 spiro atoms. The predicted octanol–water partition coefficient (Wildman–Crippen LogP) is 5.15. The van der Waals surface area contributed by atoms with Gasteiger partial charge in [-0.05, 0) is 42.8 Å². The molecular weight excluding hydrogens is 392 g/mol. The van der Waals surface area contributed by atoms with Crippen molar-refractivity contribution in [3.8, 4) is 17.4 Å². The van der Waals surface area contributed by atoms with Gasteiger partial charge in [-0.3, -0.25) is 4.79 Å². The number of carboxylic acids is 1. The third-order valence-corrected chi connectivity index (χ3v) is 4.38. The number of rotatable bonds is 5. The van der Waals surface area contributed by atoms with Gasteiger partial charge in [0.25, 0.3) is 5.91 Å². The van der Waals surface area contributed by atoms with Crippen LogP contribution in [0.25, 0.3) is 17.4 Å². The van der Waals surface area contributed by atoms with Crippen LogP contribution in [0.2, 0.25) is 5.02 Å². The summed E-state index contributed by atoms with van der Waals surface area (Å²) in [5.41, 5.74) is 1.62. The van der Waals surface area contributed by atoms with Gasteiger partial charge in [-0.25, -0.2) is 4.79 Å². The molecule has 0 atom stereocenters. The number of carboxylic acid groups (broad SMARTS) is 1. The average Bonchev–Trinajstić information content (AvgIpc) is 3.17. The highest BCUT2D eigenvalue weighted by atomic mass is 35.5. The van der Waals surface area contributed by atoms with Crippen molar-refractivity contribution >= 4 is 35.2 Å². The van der Waals surface area contributed by atoms with E-state index >= 15 is 0 Å². The zero-order valence-electron chi connectivity index (χ0n) is 15.3. The molecule has 1 amide bonds. The molecular formula is C22H15ClN2O4. The number of nitriles is 1. The van der Waals surface area contributed by atoms with Crippen LogP contribution in [-0.4, -0.2) is 17.0 Å². The van der Waals surface area contributed by atoms with Crippen molar-refractivity contribution < 1.29 is 19.1 Å². The highest BCUT2D eigenvalue weighted by molar-refractivity contribution is 6.31. The quantitative estimate of drug-likeness (QED) is 0.450. The molecule has 29 heavy (non-hydrogen) atoms. The lowest BCUT2D eigenvalue weighted by molar-refractivity contribution is -0.112. The summed E-state index contributed by atoms with van der Waals surface area (Å²) < 4.78 is 5.64. The molecule has 0 aliphatic heterocycles. The number of carbonyl (C=O) groups is 2. The fourth-order valence-corrected chi connectivity index (χ4v) is 2.84. The summed E-state index contributed by atoms with van der Waals surface area (Å²) in [7, 11) is 0. The van der Waals surface area contributed by atoms with E-state index in [1.165, 1.54) is 12.1 Å². The number of nitrogens with zero attached hydrogens (tertiary/aromatic N) is 1. The molecule has 6 nitrogen and oxygen atoms in total. The first-order chi connectivity index (χ1) is 13.9. The molecule has 1 heterocycles. The lowest BCUT2D eigenvalue weighted by Crippen LogP contribution is -2.14. The summed E-state index contributed by atoms with van der Waals surface area (Å²) in [6.07, 6.45) is 1.29. The zero-order chi connectivity index (χ0) is 21.0. The minimum Gasteiger partial charge on any atom is -0.478 e. The molecule has 0 bridgehead atoms. The Morgan fingerprint density at radius 2 is 1.93 bits per heavy atom. The summed E-state index contributed by atoms with van der Waals surface area (Å²) in [5, 5.41) is 21.8. The van der Waals surface area contributed by atoms with Crippen LogP contribution in [0.4, 0.5) is 5.69 Å². The second kappa shape index (κ2) is 8.46. The van der Waals surface area contributed by atoms with E-state index in [2.05, 4.69) is 5.32 Å². The largest absolute Gasteiger partial charge is 0.478 e. The first-order valence-electron chi connectivity index (χ1n) is 8.51. The molecule has 0 saturated heterocycles. The van der Waals surface area contributed by atoms with E-state index in [9.17, 15) is 20.0 Å². The van der Waals surface area contributed by atoms with Crippen LogP contribution in [0, 0.1) is 18.3 Å². The third kappa shape index (κ3) is 4.54. The van der Waals surface area contributed by atoms with Gasteiger partial charge in [-0.15, -0.1) is 0 Å². The summed E-state index contributed by atoms with van der Waals surface area (Å²) >= 11 is 5.95. The monoisotopic (exact) mass is 406 g/mol. The molecule has 144 valence electrons. The molecule has 1 aromatic heterocycles. The van der Waals surface area contributed by atoms with Gasteiger partial charge in [0.05, 0.1) is 5.56 Å². The summed E-state index contributed by atoms with van der Waals surface area (Å²) in [6.45, 7) is 1.81. The fraction of sp³-hybridized carbons (Fsp3) is 0.0455. The number of benzene rings is 2. The number of furan rings is 1. The van der Waals surface area contributed by atoms with Crippen LogP contribution in [0.3, 0.4) is 0 Å². The Hall–Kier alpha value is -3.82. The maximum Gasteiger partial charge on any atom is 0.336 e. The number of carbonyl (C=O) groups excluding carboxylic acids is 1. The highest BCUT2D eigenvalue weighted by Crippen LogP contribution is 2.27. The Bertz CT molecular complexity index is 1170. The van der Waals surface area contributed by atoms with Crippen LogP contribution in [0.15, 0.2) is 64.6 Å². The molecule has 0 aliphatic rings.